The highest BCUT2D eigenvalue weighted by atomic mass is 35.5. The molecule has 2 aromatic rings. The number of benzene rings is 2. The number of anilines is 1. The first-order chi connectivity index (χ1) is 11.9. The number of ether oxygens (including phenoxy) is 1. The Labute approximate surface area is 151 Å². The molecule has 6 nitrogen and oxygen atoms in total. The van der Waals surface area contributed by atoms with Crippen LogP contribution in [0.15, 0.2) is 47.4 Å². The van der Waals surface area contributed by atoms with Crippen molar-refractivity contribution in [2.75, 3.05) is 18.4 Å². The Morgan fingerprint density at radius 2 is 2.04 bits per heavy atom. The Kier molecular flexibility index (Phi) is 5.91. The van der Waals surface area contributed by atoms with Crippen molar-refractivity contribution >= 4 is 33.2 Å². The maximum atomic E-state index is 12.6. The fourth-order valence-corrected chi connectivity index (χ4v) is 3.28. The quantitative estimate of drug-likeness (QED) is 0.756. The predicted octanol–water partition coefficient (Wildman–Crippen LogP) is 2.51. The van der Waals surface area contributed by atoms with Gasteiger partial charge in [-0.1, -0.05) is 23.6 Å². The van der Waals surface area contributed by atoms with Crippen molar-refractivity contribution in [2.45, 2.75) is 4.90 Å². The molecule has 0 heterocycles. The molecule has 0 saturated carbocycles. The van der Waals surface area contributed by atoms with Crippen molar-refractivity contribution < 1.29 is 17.9 Å². The molecule has 2 N–H and O–H groups in total. The summed E-state index contributed by atoms with van der Waals surface area (Å²) in [5.74, 6) is 2.13. The summed E-state index contributed by atoms with van der Waals surface area (Å²) in [6, 6.07) is 10.1. The van der Waals surface area contributed by atoms with E-state index in [0.717, 1.165) is 0 Å². The summed E-state index contributed by atoms with van der Waals surface area (Å²) in [6.07, 6.45) is 5.09. The van der Waals surface area contributed by atoms with E-state index in [0.29, 0.717) is 10.8 Å². The molecule has 1 amide bonds. The first-order valence-corrected chi connectivity index (χ1v) is 8.91. The van der Waals surface area contributed by atoms with Gasteiger partial charge in [-0.25, -0.2) is 8.42 Å². The topological polar surface area (TPSA) is 84.5 Å². The van der Waals surface area contributed by atoms with Gasteiger partial charge in [0.05, 0.1) is 24.2 Å². The number of nitrogens with one attached hydrogen (secondary N) is 2. The smallest absolute Gasteiger partial charge is 0.262 e. The Hall–Kier alpha value is -2.69. The minimum atomic E-state index is -3.95. The van der Waals surface area contributed by atoms with Crippen LogP contribution in [0.25, 0.3) is 0 Å². The van der Waals surface area contributed by atoms with Crippen molar-refractivity contribution in [2.24, 2.45) is 0 Å². The van der Waals surface area contributed by atoms with Crippen molar-refractivity contribution in [3.05, 3.63) is 53.1 Å². The van der Waals surface area contributed by atoms with E-state index in [1.54, 1.807) is 12.1 Å². The Morgan fingerprint density at radius 1 is 1.28 bits per heavy atom. The van der Waals surface area contributed by atoms with Gasteiger partial charge in [-0.2, -0.15) is 0 Å². The molecule has 0 bridgehead atoms. The minimum Gasteiger partial charge on any atom is -0.495 e. The van der Waals surface area contributed by atoms with Crippen LogP contribution in [0, 0.1) is 12.3 Å². The highest BCUT2D eigenvalue weighted by Gasteiger charge is 2.18. The second-order valence-corrected chi connectivity index (χ2v) is 6.98. The lowest BCUT2D eigenvalue weighted by Gasteiger charge is -2.12. The highest BCUT2D eigenvalue weighted by molar-refractivity contribution is 7.92. The standard InChI is InChI=1S/C17H15ClN2O4S/c1-3-9-19-17(21)12-5-4-6-14(10-12)25(22,23)20-15-11-13(18)7-8-16(15)24-2/h1,4-8,10-11,20H,9H2,2H3,(H,19,21). The lowest BCUT2D eigenvalue weighted by molar-refractivity contribution is 0.0958. The summed E-state index contributed by atoms with van der Waals surface area (Å²) in [6.45, 7) is 0.0494. The zero-order valence-electron chi connectivity index (χ0n) is 13.2. The number of carbonyl (C=O) groups excluding carboxylic acids is 1. The monoisotopic (exact) mass is 378 g/mol. The molecular formula is C17H15ClN2O4S. The summed E-state index contributed by atoms with van der Waals surface area (Å²) in [7, 11) is -2.53. The summed E-state index contributed by atoms with van der Waals surface area (Å²) in [5.41, 5.74) is 0.369. The largest absolute Gasteiger partial charge is 0.495 e. The number of terminal acetylenes is 1. The number of amides is 1. The van der Waals surface area contributed by atoms with E-state index in [1.807, 2.05) is 0 Å². The zero-order chi connectivity index (χ0) is 18.4. The fourth-order valence-electron chi connectivity index (χ4n) is 2.00. The molecule has 130 valence electrons. The Bertz CT molecular complexity index is 936. The van der Waals surface area contributed by atoms with Gasteiger partial charge in [0.15, 0.2) is 0 Å². The van der Waals surface area contributed by atoms with Gasteiger partial charge < -0.3 is 10.1 Å². The van der Waals surface area contributed by atoms with Crippen molar-refractivity contribution in [3.8, 4) is 18.1 Å². The van der Waals surface area contributed by atoms with Crippen molar-refractivity contribution in [1.82, 2.24) is 5.32 Å². The van der Waals surface area contributed by atoms with E-state index in [2.05, 4.69) is 16.0 Å². The third-order valence-corrected chi connectivity index (χ3v) is 4.76. The van der Waals surface area contributed by atoms with Crippen LogP contribution >= 0.6 is 11.6 Å². The summed E-state index contributed by atoms with van der Waals surface area (Å²) < 4.78 is 32.7. The van der Waals surface area contributed by atoms with Crippen LogP contribution in [-0.2, 0) is 10.0 Å². The molecule has 25 heavy (non-hydrogen) atoms. The Morgan fingerprint density at radius 3 is 2.72 bits per heavy atom. The maximum absolute atomic E-state index is 12.6. The van der Waals surface area contributed by atoms with Crippen LogP contribution in [0.5, 0.6) is 5.75 Å². The van der Waals surface area contributed by atoms with E-state index in [1.165, 1.54) is 37.4 Å². The number of sulfonamides is 1. The van der Waals surface area contributed by atoms with Crippen LogP contribution in [0.2, 0.25) is 5.02 Å². The van der Waals surface area contributed by atoms with Gasteiger partial charge in [-0.05, 0) is 36.4 Å². The van der Waals surface area contributed by atoms with E-state index in [4.69, 9.17) is 22.8 Å². The molecule has 0 unspecified atom stereocenters. The summed E-state index contributed by atoms with van der Waals surface area (Å²) >= 11 is 5.90. The minimum absolute atomic E-state index is 0.0494. The molecule has 0 saturated heterocycles. The second-order valence-electron chi connectivity index (χ2n) is 4.86. The van der Waals surface area contributed by atoms with Gasteiger partial charge in [0.1, 0.15) is 5.75 Å². The molecular weight excluding hydrogens is 364 g/mol. The Balaban J connectivity index is 2.33. The average Bonchev–Trinajstić information content (AvgIpc) is 2.59. The first kappa shape index (κ1) is 18.6. The van der Waals surface area contributed by atoms with Crippen LogP contribution in [-0.4, -0.2) is 28.0 Å². The van der Waals surface area contributed by atoms with Gasteiger partial charge in [0.25, 0.3) is 15.9 Å². The molecule has 0 aliphatic rings. The predicted molar refractivity (Wildman–Crippen MR) is 96.4 cm³/mol. The SMILES string of the molecule is C#CCNC(=O)c1cccc(S(=O)(=O)Nc2cc(Cl)ccc2OC)c1. The molecule has 2 aromatic carbocycles. The number of rotatable bonds is 6. The lowest BCUT2D eigenvalue weighted by Crippen LogP contribution is -2.24. The van der Waals surface area contributed by atoms with E-state index in [-0.39, 0.29) is 22.7 Å². The first-order valence-electron chi connectivity index (χ1n) is 7.05. The molecule has 0 radical (unpaired) electrons. The molecule has 0 aliphatic carbocycles. The van der Waals surface area contributed by atoms with Crippen molar-refractivity contribution in [1.29, 1.82) is 0 Å². The number of hydrogen-bond acceptors (Lipinski definition) is 4. The number of carbonyl (C=O) groups is 1. The van der Waals surface area contributed by atoms with Crippen LogP contribution < -0.4 is 14.8 Å². The van der Waals surface area contributed by atoms with Gasteiger partial charge >= 0.3 is 0 Å². The summed E-state index contributed by atoms with van der Waals surface area (Å²) in [4.78, 5) is 11.8. The van der Waals surface area contributed by atoms with Gasteiger partial charge in [0.2, 0.25) is 0 Å². The third kappa shape index (κ3) is 4.66. The van der Waals surface area contributed by atoms with Gasteiger partial charge in [-0.15, -0.1) is 6.42 Å². The maximum Gasteiger partial charge on any atom is 0.262 e. The molecule has 0 aromatic heterocycles. The van der Waals surface area contributed by atoms with Crippen LogP contribution in [0.3, 0.4) is 0 Å². The number of methoxy groups -OCH3 is 1. The average molecular weight is 379 g/mol. The molecule has 2 rings (SSSR count). The second kappa shape index (κ2) is 7.92. The third-order valence-electron chi connectivity index (χ3n) is 3.16. The van der Waals surface area contributed by atoms with Crippen LogP contribution in [0.4, 0.5) is 5.69 Å². The van der Waals surface area contributed by atoms with Gasteiger partial charge in [0, 0.05) is 10.6 Å². The molecule has 0 spiro atoms. The van der Waals surface area contributed by atoms with E-state index >= 15 is 0 Å². The van der Waals surface area contributed by atoms with Gasteiger partial charge in [-0.3, -0.25) is 9.52 Å². The lowest BCUT2D eigenvalue weighted by atomic mass is 10.2. The highest BCUT2D eigenvalue weighted by Crippen LogP contribution is 2.29. The number of hydrogen-bond donors (Lipinski definition) is 2. The van der Waals surface area contributed by atoms with Crippen molar-refractivity contribution in [3.63, 3.8) is 0 Å². The molecule has 0 fully saturated rings. The van der Waals surface area contributed by atoms with E-state index < -0.39 is 15.9 Å². The number of halogens is 1. The fraction of sp³-hybridized carbons (Fsp3) is 0.118. The zero-order valence-corrected chi connectivity index (χ0v) is 14.8. The van der Waals surface area contributed by atoms with Crippen LogP contribution in [0.1, 0.15) is 10.4 Å². The normalized spacial score (nSPS) is 10.6. The summed E-state index contributed by atoms with van der Waals surface area (Å²) in [5, 5.41) is 2.82. The molecule has 8 heteroatoms. The molecule has 0 aliphatic heterocycles. The molecule has 0 atom stereocenters. The van der Waals surface area contributed by atoms with E-state index in [9.17, 15) is 13.2 Å².